The Morgan fingerprint density at radius 3 is 2.69 bits per heavy atom. The molecule has 0 radical (unpaired) electrons. The van der Waals surface area contributed by atoms with Gasteiger partial charge >= 0.3 is 0 Å². The Morgan fingerprint density at radius 2 is 2.12 bits per heavy atom. The van der Waals surface area contributed by atoms with Crippen molar-refractivity contribution in [3.8, 4) is 5.75 Å². The van der Waals surface area contributed by atoms with Crippen molar-refractivity contribution >= 4 is 10.9 Å². The molecule has 0 aliphatic heterocycles. The third kappa shape index (κ3) is 1.67. The van der Waals surface area contributed by atoms with Gasteiger partial charge in [-0.3, -0.25) is 0 Å². The SMILES string of the molecule is COc1ccc2c(CN)cn(C(C)C)c2c1. The minimum atomic E-state index is 0.426. The van der Waals surface area contributed by atoms with E-state index in [4.69, 9.17) is 10.5 Å². The predicted molar refractivity (Wildman–Crippen MR) is 66.8 cm³/mol. The molecule has 0 fully saturated rings. The van der Waals surface area contributed by atoms with Crippen LogP contribution in [0, 0.1) is 0 Å². The van der Waals surface area contributed by atoms with Gasteiger partial charge in [0.05, 0.1) is 12.6 Å². The monoisotopic (exact) mass is 218 g/mol. The van der Waals surface area contributed by atoms with Crippen LogP contribution in [-0.2, 0) is 6.54 Å². The molecule has 2 rings (SSSR count). The Hall–Kier alpha value is -1.48. The summed E-state index contributed by atoms with van der Waals surface area (Å²) in [4.78, 5) is 0. The van der Waals surface area contributed by atoms with Gasteiger partial charge in [0.25, 0.3) is 0 Å². The van der Waals surface area contributed by atoms with Crippen molar-refractivity contribution in [2.75, 3.05) is 7.11 Å². The largest absolute Gasteiger partial charge is 0.497 e. The predicted octanol–water partition coefficient (Wildman–Crippen LogP) is 2.69. The number of aromatic nitrogens is 1. The molecule has 2 N–H and O–H groups in total. The van der Waals surface area contributed by atoms with Crippen molar-refractivity contribution in [3.63, 3.8) is 0 Å². The molecule has 1 aromatic heterocycles. The number of methoxy groups -OCH3 is 1. The molecular formula is C13H18N2O. The highest BCUT2D eigenvalue weighted by Crippen LogP contribution is 2.27. The second kappa shape index (κ2) is 4.18. The highest BCUT2D eigenvalue weighted by molar-refractivity contribution is 5.85. The molecule has 0 aliphatic rings. The second-order valence-corrected chi connectivity index (χ2v) is 4.24. The molecule has 0 aliphatic carbocycles. The van der Waals surface area contributed by atoms with Crippen molar-refractivity contribution < 1.29 is 4.74 Å². The normalized spacial score (nSPS) is 11.3. The fraction of sp³-hybridized carbons (Fsp3) is 0.385. The average Bonchev–Trinajstić information content (AvgIpc) is 2.66. The summed E-state index contributed by atoms with van der Waals surface area (Å²) in [6.45, 7) is 4.90. The van der Waals surface area contributed by atoms with Crippen molar-refractivity contribution in [3.05, 3.63) is 30.0 Å². The first kappa shape index (κ1) is 11.0. The number of benzene rings is 1. The van der Waals surface area contributed by atoms with Gasteiger partial charge in [0, 0.05) is 30.2 Å². The highest BCUT2D eigenvalue weighted by Gasteiger charge is 2.10. The zero-order valence-corrected chi connectivity index (χ0v) is 10.0. The lowest BCUT2D eigenvalue weighted by Gasteiger charge is -2.09. The van der Waals surface area contributed by atoms with E-state index in [1.165, 1.54) is 16.5 Å². The summed E-state index contributed by atoms with van der Waals surface area (Å²) in [5.41, 5.74) is 8.13. The van der Waals surface area contributed by atoms with E-state index < -0.39 is 0 Å². The number of hydrogen-bond acceptors (Lipinski definition) is 2. The maximum Gasteiger partial charge on any atom is 0.120 e. The lowest BCUT2D eigenvalue weighted by Crippen LogP contribution is -1.99. The molecular weight excluding hydrogens is 200 g/mol. The number of nitrogens with two attached hydrogens (primary N) is 1. The van der Waals surface area contributed by atoms with E-state index in [-0.39, 0.29) is 0 Å². The van der Waals surface area contributed by atoms with E-state index in [9.17, 15) is 0 Å². The molecule has 3 heteroatoms. The van der Waals surface area contributed by atoms with Gasteiger partial charge in [-0.2, -0.15) is 0 Å². The van der Waals surface area contributed by atoms with Gasteiger partial charge in [0.2, 0.25) is 0 Å². The summed E-state index contributed by atoms with van der Waals surface area (Å²) in [5.74, 6) is 0.885. The summed E-state index contributed by atoms with van der Waals surface area (Å²) < 4.78 is 7.49. The molecule has 86 valence electrons. The smallest absolute Gasteiger partial charge is 0.120 e. The molecule has 0 saturated carbocycles. The Bertz CT molecular complexity index is 500. The van der Waals surface area contributed by atoms with Crippen LogP contribution in [-0.4, -0.2) is 11.7 Å². The van der Waals surface area contributed by atoms with Crippen molar-refractivity contribution in [1.29, 1.82) is 0 Å². The van der Waals surface area contributed by atoms with Crippen LogP contribution < -0.4 is 10.5 Å². The fourth-order valence-corrected chi connectivity index (χ4v) is 2.02. The number of fused-ring (bicyclic) bond motifs is 1. The Balaban J connectivity index is 2.70. The Labute approximate surface area is 95.8 Å². The lowest BCUT2D eigenvalue weighted by atomic mass is 10.2. The van der Waals surface area contributed by atoms with Crippen LogP contribution in [0.4, 0.5) is 0 Å². The molecule has 16 heavy (non-hydrogen) atoms. The van der Waals surface area contributed by atoms with E-state index in [2.05, 4.69) is 36.7 Å². The standard InChI is InChI=1S/C13H18N2O/c1-9(2)15-8-10(7-14)12-5-4-11(16-3)6-13(12)15/h4-6,8-9H,7,14H2,1-3H3. The Morgan fingerprint density at radius 1 is 1.38 bits per heavy atom. The third-order valence-corrected chi connectivity index (χ3v) is 2.90. The summed E-state index contributed by atoms with van der Waals surface area (Å²) in [5, 5.41) is 1.22. The van der Waals surface area contributed by atoms with Crippen LogP contribution >= 0.6 is 0 Å². The van der Waals surface area contributed by atoms with E-state index >= 15 is 0 Å². The van der Waals surface area contributed by atoms with Gasteiger partial charge in [-0.1, -0.05) is 0 Å². The molecule has 0 amide bonds. The van der Waals surface area contributed by atoms with Gasteiger partial charge in [-0.25, -0.2) is 0 Å². The number of ether oxygens (including phenoxy) is 1. The third-order valence-electron chi connectivity index (χ3n) is 2.90. The second-order valence-electron chi connectivity index (χ2n) is 4.24. The zero-order chi connectivity index (χ0) is 11.7. The van der Waals surface area contributed by atoms with Gasteiger partial charge in [0.15, 0.2) is 0 Å². The fourth-order valence-electron chi connectivity index (χ4n) is 2.02. The molecule has 0 spiro atoms. The molecule has 0 saturated heterocycles. The Kier molecular flexibility index (Phi) is 2.88. The van der Waals surface area contributed by atoms with Crippen molar-refractivity contribution in [2.24, 2.45) is 5.73 Å². The first-order chi connectivity index (χ1) is 7.67. The maximum atomic E-state index is 5.76. The van der Waals surface area contributed by atoms with Crippen molar-refractivity contribution in [1.82, 2.24) is 4.57 Å². The number of nitrogens with zero attached hydrogens (tertiary/aromatic N) is 1. The molecule has 3 nitrogen and oxygen atoms in total. The van der Waals surface area contributed by atoms with E-state index in [1.54, 1.807) is 7.11 Å². The summed E-state index contributed by atoms with van der Waals surface area (Å²) >= 11 is 0. The lowest BCUT2D eigenvalue weighted by molar-refractivity contribution is 0.415. The van der Waals surface area contributed by atoms with Crippen molar-refractivity contribution in [2.45, 2.75) is 26.4 Å². The molecule has 0 unspecified atom stereocenters. The number of hydrogen-bond donors (Lipinski definition) is 1. The average molecular weight is 218 g/mol. The van der Waals surface area contributed by atoms with Crippen LogP contribution in [0.15, 0.2) is 24.4 Å². The maximum absolute atomic E-state index is 5.76. The first-order valence-corrected chi connectivity index (χ1v) is 5.55. The molecule has 0 atom stereocenters. The summed E-state index contributed by atoms with van der Waals surface area (Å²) in [7, 11) is 1.69. The van der Waals surface area contributed by atoms with Crippen LogP contribution in [0.3, 0.4) is 0 Å². The van der Waals surface area contributed by atoms with E-state index in [1.807, 2.05) is 6.07 Å². The minimum Gasteiger partial charge on any atom is -0.497 e. The first-order valence-electron chi connectivity index (χ1n) is 5.55. The van der Waals surface area contributed by atoms with Gasteiger partial charge in [-0.15, -0.1) is 0 Å². The molecule has 1 heterocycles. The zero-order valence-electron chi connectivity index (χ0n) is 10.0. The van der Waals surface area contributed by atoms with Gasteiger partial charge in [0.1, 0.15) is 5.75 Å². The molecule has 0 bridgehead atoms. The van der Waals surface area contributed by atoms with Crippen LogP contribution in [0.2, 0.25) is 0 Å². The number of rotatable bonds is 3. The summed E-state index contributed by atoms with van der Waals surface area (Å²) in [6, 6.07) is 6.55. The molecule has 2 aromatic rings. The van der Waals surface area contributed by atoms with Gasteiger partial charge in [-0.05, 0) is 31.5 Å². The topological polar surface area (TPSA) is 40.2 Å². The van der Waals surface area contributed by atoms with Crippen LogP contribution in [0.1, 0.15) is 25.5 Å². The van der Waals surface area contributed by atoms with E-state index in [0.29, 0.717) is 12.6 Å². The van der Waals surface area contributed by atoms with Crippen LogP contribution in [0.5, 0.6) is 5.75 Å². The van der Waals surface area contributed by atoms with Crippen LogP contribution in [0.25, 0.3) is 10.9 Å². The summed E-state index contributed by atoms with van der Waals surface area (Å²) in [6.07, 6.45) is 2.13. The van der Waals surface area contributed by atoms with E-state index in [0.717, 1.165) is 5.75 Å². The highest BCUT2D eigenvalue weighted by atomic mass is 16.5. The minimum absolute atomic E-state index is 0.426. The van der Waals surface area contributed by atoms with Gasteiger partial charge < -0.3 is 15.0 Å². The molecule has 1 aromatic carbocycles. The quantitative estimate of drug-likeness (QED) is 0.860.